The van der Waals surface area contributed by atoms with Crippen LogP contribution in [-0.2, 0) is 19.2 Å². The topological polar surface area (TPSA) is 129 Å². The molecule has 3 N–H and O–H groups in total. The third-order valence-corrected chi connectivity index (χ3v) is 11.2. The predicted molar refractivity (Wildman–Crippen MR) is 137 cm³/mol. The van der Waals surface area contributed by atoms with Gasteiger partial charge in [-0.15, -0.1) is 0 Å². The molecule has 37 heavy (non-hydrogen) atoms. The Bertz CT molecular complexity index is 1130. The second kappa shape index (κ2) is 8.70. The highest BCUT2D eigenvalue weighted by atomic mass is 16.4. The second-order valence-electron chi connectivity index (χ2n) is 13.5. The van der Waals surface area contributed by atoms with E-state index in [9.17, 15) is 29.4 Å². The fraction of sp³-hybridized carbons (Fsp3) is 0.733. The van der Waals surface area contributed by atoms with Crippen molar-refractivity contribution in [3.8, 4) is 0 Å². The first-order chi connectivity index (χ1) is 16.9. The molecular weight excluding hydrogens is 472 g/mol. The summed E-state index contributed by atoms with van der Waals surface area (Å²) in [5.41, 5.74) is -0.855. The van der Waals surface area contributed by atoms with Crippen LogP contribution in [0.5, 0.6) is 0 Å². The zero-order valence-electron chi connectivity index (χ0n) is 23.2. The Labute approximate surface area is 219 Å². The number of ketones is 3. The van der Waals surface area contributed by atoms with Crippen LogP contribution in [0.25, 0.3) is 0 Å². The van der Waals surface area contributed by atoms with E-state index in [-0.39, 0.29) is 42.0 Å². The highest BCUT2D eigenvalue weighted by molar-refractivity contribution is 6.01. The van der Waals surface area contributed by atoms with Gasteiger partial charge < -0.3 is 15.3 Å². The number of allylic oxidation sites excluding steroid dienone is 3. The van der Waals surface area contributed by atoms with Gasteiger partial charge in [-0.2, -0.15) is 0 Å². The van der Waals surface area contributed by atoms with Gasteiger partial charge in [0, 0.05) is 41.1 Å². The molecule has 0 saturated heterocycles. The summed E-state index contributed by atoms with van der Waals surface area (Å²) < 4.78 is 0. The summed E-state index contributed by atoms with van der Waals surface area (Å²) in [5.74, 6) is -2.44. The molecule has 7 heteroatoms. The zero-order chi connectivity index (χ0) is 27.9. The Morgan fingerprint density at radius 1 is 1.08 bits per heavy atom. The van der Waals surface area contributed by atoms with E-state index in [1.54, 1.807) is 0 Å². The van der Waals surface area contributed by atoms with Crippen LogP contribution in [0.15, 0.2) is 22.8 Å². The van der Waals surface area contributed by atoms with Crippen molar-refractivity contribution in [1.82, 2.24) is 0 Å². The minimum Gasteiger partial charge on any atom is -0.481 e. The van der Waals surface area contributed by atoms with Crippen LogP contribution in [0.2, 0.25) is 0 Å². The molecule has 4 rings (SSSR count). The van der Waals surface area contributed by atoms with E-state index >= 15 is 0 Å². The molecule has 0 bridgehead atoms. The van der Waals surface area contributed by atoms with E-state index in [2.05, 4.69) is 6.92 Å². The number of fused-ring (bicyclic) bond motifs is 4. The standard InChI is InChI=1S/C30H42O7/c1-15(10-17(31)11-16(2)26(36)37)18-12-23(35)30(7)25-19(32)13-21-27(3,4)22(34)8-9-28(21,5)24(25)20(33)14-29(18,30)6/h10,16,18-19,21,23,32,35H,8-9,11-14H2,1-7H3,(H,36,37)/b15-10-/t16-,18-,19+,21?,23+,28+,29-,30+/m1/s1. The summed E-state index contributed by atoms with van der Waals surface area (Å²) in [4.78, 5) is 50.7. The lowest BCUT2D eigenvalue weighted by Crippen LogP contribution is -2.60. The first kappa shape index (κ1) is 27.9. The SMILES string of the molecule is C/C(=C/C(=O)C[C@@H](C)C(=O)O)[C@H]1C[C@H](O)[C@@]2(C)C3=C(C(=O)C[C@]12C)[C@@]1(C)CCC(=O)C(C)(C)C1C[C@@H]3O. The Morgan fingerprint density at radius 2 is 1.70 bits per heavy atom. The molecule has 1 unspecified atom stereocenters. The molecule has 2 saturated carbocycles. The lowest BCUT2D eigenvalue weighted by molar-refractivity contribution is -0.145. The van der Waals surface area contributed by atoms with Gasteiger partial charge >= 0.3 is 5.97 Å². The molecule has 7 nitrogen and oxygen atoms in total. The van der Waals surface area contributed by atoms with Crippen LogP contribution in [0.4, 0.5) is 0 Å². The summed E-state index contributed by atoms with van der Waals surface area (Å²) >= 11 is 0. The van der Waals surface area contributed by atoms with E-state index in [0.717, 1.165) is 5.57 Å². The van der Waals surface area contributed by atoms with Gasteiger partial charge in [-0.3, -0.25) is 19.2 Å². The molecule has 0 aliphatic heterocycles. The smallest absolute Gasteiger partial charge is 0.306 e. The molecule has 2 fully saturated rings. The molecule has 0 spiro atoms. The van der Waals surface area contributed by atoms with Gasteiger partial charge in [-0.05, 0) is 55.1 Å². The van der Waals surface area contributed by atoms with Crippen LogP contribution >= 0.6 is 0 Å². The molecule has 0 aromatic rings. The fourth-order valence-electron chi connectivity index (χ4n) is 8.77. The van der Waals surface area contributed by atoms with Crippen molar-refractivity contribution < 1.29 is 34.5 Å². The van der Waals surface area contributed by atoms with Crippen molar-refractivity contribution in [2.24, 2.45) is 39.4 Å². The molecule has 0 aromatic carbocycles. The molecule has 0 aromatic heterocycles. The number of Topliss-reactive ketones (excluding diaryl/α,β-unsaturated/α-hetero) is 2. The number of rotatable bonds is 5. The number of hydrogen-bond donors (Lipinski definition) is 3. The molecule has 0 radical (unpaired) electrons. The van der Waals surface area contributed by atoms with Gasteiger partial charge in [0.25, 0.3) is 0 Å². The lowest BCUT2D eigenvalue weighted by Gasteiger charge is -2.61. The predicted octanol–water partition coefficient (Wildman–Crippen LogP) is 4.05. The Morgan fingerprint density at radius 3 is 2.30 bits per heavy atom. The van der Waals surface area contributed by atoms with Crippen molar-refractivity contribution in [3.63, 3.8) is 0 Å². The number of carbonyl (C=O) groups excluding carboxylic acids is 3. The number of carbonyl (C=O) groups is 4. The highest BCUT2D eigenvalue weighted by Gasteiger charge is 2.69. The molecular formula is C30H42O7. The first-order valence-electron chi connectivity index (χ1n) is 13.5. The summed E-state index contributed by atoms with van der Waals surface area (Å²) in [6.45, 7) is 13.1. The molecule has 8 atom stereocenters. The third-order valence-electron chi connectivity index (χ3n) is 11.2. The number of aliphatic hydroxyl groups is 2. The van der Waals surface area contributed by atoms with Gasteiger partial charge in [0.05, 0.1) is 18.1 Å². The fourth-order valence-corrected chi connectivity index (χ4v) is 8.77. The van der Waals surface area contributed by atoms with Gasteiger partial charge in [-0.1, -0.05) is 47.1 Å². The number of hydrogen-bond acceptors (Lipinski definition) is 6. The van der Waals surface area contributed by atoms with Crippen molar-refractivity contribution in [1.29, 1.82) is 0 Å². The molecule has 4 aliphatic carbocycles. The normalized spacial score (nSPS) is 42.1. The van der Waals surface area contributed by atoms with Crippen LogP contribution in [-0.4, -0.2) is 50.8 Å². The molecule has 0 amide bonds. The van der Waals surface area contributed by atoms with Gasteiger partial charge in [0.1, 0.15) is 5.78 Å². The number of aliphatic carboxylic acids is 1. The van der Waals surface area contributed by atoms with Gasteiger partial charge in [0.15, 0.2) is 11.6 Å². The first-order valence-corrected chi connectivity index (χ1v) is 13.5. The number of aliphatic hydroxyl groups excluding tert-OH is 2. The Balaban J connectivity index is 1.80. The van der Waals surface area contributed by atoms with Crippen molar-refractivity contribution in [2.45, 2.75) is 99.2 Å². The van der Waals surface area contributed by atoms with Crippen molar-refractivity contribution in [2.75, 3.05) is 0 Å². The second-order valence-corrected chi connectivity index (χ2v) is 13.5. The van der Waals surface area contributed by atoms with Gasteiger partial charge in [0.2, 0.25) is 0 Å². The molecule has 0 heterocycles. The summed E-state index contributed by atoms with van der Waals surface area (Å²) in [6.07, 6.45) is 1.42. The van der Waals surface area contributed by atoms with E-state index in [0.29, 0.717) is 36.8 Å². The van der Waals surface area contributed by atoms with Crippen molar-refractivity contribution >= 4 is 23.3 Å². The van der Waals surface area contributed by atoms with Crippen LogP contribution in [0.3, 0.4) is 0 Å². The quantitative estimate of drug-likeness (QED) is 0.472. The number of carboxylic acids is 1. The van der Waals surface area contributed by atoms with E-state index < -0.39 is 45.8 Å². The van der Waals surface area contributed by atoms with E-state index in [1.165, 1.54) is 13.0 Å². The van der Waals surface area contributed by atoms with Gasteiger partial charge in [-0.25, -0.2) is 0 Å². The minimum absolute atomic E-state index is 0.0379. The lowest BCUT2D eigenvalue weighted by atomic mass is 9.42. The van der Waals surface area contributed by atoms with Crippen LogP contribution in [0.1, 0.15) is 87.0 Å². The summed E-state index contributed by atoms with van der Waals surface area (Å²) in [6, 6.07) is 0. The minimum atomic E-state index is -1.03. The highest BCUT2D eigenvalue weighted by Crippen LogP contribution is 2.71. The monoisotopic (exact) mass is 514 g/mol. The van der Waals surface area contributed by atoms with Crippen molar-refractivity contribution in [3.05, 3.63) is 22.8 Å². The Hall–Kier alpha value is -2.12. The summed E-state index contributed by atoms with van der Waals surface area (Å²) in [5, 5.41) is 32.4. The molecule has 4 aliphatic rings. The zero-order valence-corrected chi connectivity index (χ0v) is 23.2. The number of carboxylic acid groups (broad SMARTS) is 1. The van der Waals surface area contributed by atoms with Crippen LogP contribution in [0, 0.1) is 39.4 Å². The Kier molecular flexibility index (Phi) is 6.56. The maximum Gasteiger partial charge on any atom is 0.306 e. The summed E-state index contributed by atoms with van der Waals surface area (Å²) in [7, 11) is 0. The largest absolute Gasteiger partial charge is 0.481 e. The maximum atomic E-state index is 14.0. The average Bonchev–Trinajstić information content (AvgIpc) is 2.99. The maximum absolute atomic E-state index is 14.0. The van der Waals surface area contributed by atoms with Crippen LogP contribution < -0.4 is 0 Å². The average molecular weight is 515 g/mol. The molecule has 204 valence electrons. The third kappa shape index (κ3) is 3.75. The van der Waals surface area contributed by atoms with E-state index in [4.69, 9.17) is 5.11 Å². The van der Waals surface area contributed by atoms with E-state index in [1.807, 2.05) is 34.6 Å².